The molecule has 0 aliphatic heterocycles. The second-order valence-corrected chi connectivity index (χ2v) is 6.92. The molecule has 4 heteroatoms. The van der Waals surface area contributed by atoms with E-state index in [1.165, 1.54) is 11.1 Å². The van der Waals surface area contributed by atoms with Gasteiger partial charge in [0.1, 0.15) is 17.9 Å². The van der Waals surface area contributed by atoms with Crippen LogP contribution in [0.5, 0.6) is 5.75 Å². The highest BCUT2D eigenvalue weighted by Gasteiger charge is 2.10. The van der Waals surface area contributed by atoms with E-state index in [4.69, 9.17) is 9.15 Å². The number of benzene rings is 2. The summed E-state index contributed by atoms with van der Waals surface area (Å²) >= 11 is 0. The van der Waals surface area contributed by atoms with Gasteiger partial charge in [-0.3, -0.25) is 4.90 Å². The second kappa shape index (κ2) is 7.75. The number of fused-ring (bicyclic) bond motifs is 1. The van der Waals surface area contributed by atoms with Gasteiger partial charge >= 0.3 is 5.63 Å². The van der Waals surface area contributed by atoms with Crippen LogP contribution < -0.4 is 10.4 Å². The van der Waals surface area contributed by atoms with E-state index in [1.54, 1.807) is 6.07 Å². The number of aryl methyl sites for hydroxylation is 3. The average molecular weight is 351 g/mol. The first-order chi connectivity index (χ1) is 12.4. The molecule has 0 spiro atoms. The summed E-state index contributed by atoms with van der Waals surface area (Å²) in [6.45, 7) is 8.18. The average Bonchev–Trinajstić information content (AvgIpc) is 2.58. The van der Waals surface area contributed by atoms with E-state index in [0.29, 0.717) is 18.7 Å². The predicted molar refractivity (Wildman–Crippen MR) is 105 cm³/mol. The van der Waals surface area contributed by atoms with Gasteiger partial charge in [0.05, 0.1) is 0 Å². The van der Waals surface area contributed by atoms with Crippen LogP contribution >= 0.6 is 0 Å². The molecule has 136 valence electrons. The maximum absolute atomic E-state index is 11.9. The largest absolute Gasteiger partial charge is 0.492 e. The van der Waals surface area contributed by atoms with Crippen molar-refractivity contribution in [1.82, 2.24) is 4.90 Å². The fourth-order valence-electron chi connectivity index (χ4n) is 2.94. The molecule has 0 amide bonds. The van der Waals surface area contributed by atoms with E-state index >= 15 is 0 Å². The van der Waals surface area contributed by atoms with Crippen LogP contribution in [0.25, 0.3) is 11.0 Å². The van der Waals surface area contributed by atoms with Gasteiger partial charge in [0, 0.05) is 24.5 Å². The SMILES string of the molecule is Cc1ccc(OCCN(C)Cc2cc(=O)oc3cc(C)c(C)cc23)cc1. The van der Waals surface area contributed by atoms with E-state index in [9.17, 15) is 4.79 Å². The molecular weight excluding hydrogens is 326 g/mol. The lowest BCUT2D eigenvalue weighted by Crippen LogP contribution is -2.24. The molecule has 4 nitrogen and oxygen atoms in total. The van der Waals surface area contributed by atoms with Gasteiger partial charge in [0.15, 0.2) is 0 Å². The van der Waals surface area contributed by atoms with Crippen molar-refractivity contribution >= 4 is 11.0 Å². The lowest BCUT2D eigenvalue weighted by molar-refractivity contribution is 0.233. The number of hydrogen-bond acceptors (Lipinski definition) is 4. The highest BCUT2D eigenvalue weighted by Crippen LogP contribution is 2.22. The summed E-state index contributed by atoms with van der Waals surface area (Å²) in [6, 6.07) is 13.7. The highest BCUT2D eigenvalue weighted by molar-refractivity contribution is 5.81. The van der Waals surface area contributed by atoms with Crippen LogP contribution in [-0.4, -0.2) is 25.1 Å². The van der Waals surface area contributed by atoms with Crippen LogP contribution in [0.1, 0.15) is 22.3 Å². The van der Waals surface area contributed by atoms with Gasteiger partial charge in [-0.1, -0.05) is 17.7 Å². The molecule has 26 heavy (non-hydrogen) atoms. The fourth-order valence-corrected chi connectivity index (χ4v) is 2.94. The van der Waals surface area contributed by atoms with Crippen LogP contribution in [-0.2, 0) is 6.54 Å². The summed E-state index contributed by atoms with van der Waals surface area (Å²) in [5.41, 5.74) is 4.86. The Kier molecular flexibility index (Phi) is 5.43. The molecule has 1 aromatic heterocycles. The number of likely N-dealkylation sites (N-methyl/N-ethyl adjacent to an activating group) is 1. The third-order valence-corrected chi connectivity index (χ3v) is 4.65. The molecule has 0 saturated heterocycles. The summed E-state index contributed by atoms with van der Waals surface area (Å²) in [4.78, 5) is 14.0. The monoisotopic (exact) mass is 351 g/mol. The molecule has 0 bridgehead atoms. The Hall–Kier alpha value is -2.59. The van der Waals surface area contributed by atoms with Crippen LogP contribution in [0.4, 0.5) is 0 Å². The zero-order chi connectivity index (χ0) is 18.7. The molecule has 1 heterocycles. The minimum Gasteiger partial charge on any atom is -0.492 e. The van der Waals surface area contributed by atoms with Gasteiger partial charge in [0.25, 0.3) is 0 Å². The number of rotatable bonds is 6. The second-order valence-electron chi connectivity index (χ2n) is 6.92. The van der Waals surface area contributed by atoms with Crippen molar-refractivity contribution in [2.75, 3.05) is 20.2 Å². The molecule has 0 fully saturated rings. The molecule has 0 atom stereocenters. The quantitative estimate of drug-likeness (QED) is 0.623. The Bertz CT molecular complexity index is 958. The Morgan fingerprint density at radius 3 is 2.42 bits per heavy atom. The first-order valence-corrected chi connectivity index (χ1v) is 8.84. The lowest BCUT2D eigenvalue weighted by atomic mass is 10.0. The van der Waals surface area contributed by atoms with E-state index < -0.39 is 0 Å². The van der Waals surface area contributed by atoms with Gasteiger partial charge < -0.3 is 9.15 Å². The highest BCUT2D eigenvalue weighted by atomic mass is 16.5. The molecule has 0 unspecified atom stereocenters. The Morgan fingerprint density at radius 1 is 1.00 bits per heavy atom. The third-order valence-electron chi connectivity index (χ3n) is 4.65. The topological polar surface area (TPSA) is 42.7 Å². The first kappa shape index (κ1) is 18.2. The smallest absolute Gasteiger partial charge is 0.336 e. The van der Waals surface area contributed by atoms with Crippen molar-refractivity contribution in [3.05, 3.63) is 75.1 Å². The first-order valence-electron chi connectivity index (χ1n) is 8.84. The molecule has 0 N–H and O–H groups in total. The number of nitrogens with zero attached hydrogens (tertiary/aromatic N) is 1. The fraction of sp³-hybridized carbons (Fsp3) is 0.318. The standard InChI is InChI=1S/C22H25NO3/c1-15-5-7-19(8-6-15)25-10-9-23(4)14-18-13-22(24)26-21-12-17(3)16(2)11-20(18)21/h5-8,11-13H,9-10,14H2,1-4H3. The lowest BCUT2D eigenvalue weighted by Gasteiger charge is -2.18. The van der Waals surface area contributed by atoms with Gasteiger partial charge in [-0.25, -0.2) is 4.79 Å². The molecule has 0 aliphatic carbocycles. The van der Waals surface area contributed by atoms with Crippen LogP contribution in [0, 0.1) is 20.8 Å². The molecule has 3 aromatic rings. The predicted octanol–water partition coefficient (Wildman–Crippen LogP) is 4.23. The van der Waals surface area contributed by atoms with E-state index in [0.717, 1.165) is 28.8 Å². The van der Waals surface area contributed by atoms with Gasteiger partial charge in [-0.15, -0.1) is 0 Å². The number of hydrogen-bond donors (Lipinski definition) is 0. The molecule has 2 aromatic carbocycles. The van der Waals surface area contributed by atoms with Crippen LogP contribution in [0.3, 0.4) is 0 Å². The molecular formula is C22H25NO3. The zero-order valence-electron chi connectivity index (χ0n) is 15.8. The van der Waals surface area contributed by atoms with Crippen molar-refractivity contribution in [3.8, 4) is 5.75 Å². The van der Waals surface area contributed by atoms with Crippen LogP contribution in [0.2, 0.25) is 0 Å². The maximum atomic E-state index is 11.9. The summed E-state index contributed by atoms with van der Waals surface area (Å²) in [5.74, 6) is 0.876. The Labute approximate surface area is 154 Å². The van der Waals surface area contributed by atoms with E-state index in [-0.39, 0.29) is 5.63 Å². The minimum absolute atomic E-state index is 0.306. The third kappa shape index (κ3) is 4.33. The molecule has 0 radical (unpaired) electrons. The van der Waals surface area contributed by atoms with E-state index in [2.05, 4.69) is 24.8 Å². The minimum atomic E-state index is -0.306. The Morgan fingerprint density at radius 2 is 1.69 bits per heavy atom. The zero-order valence-corrected chi connectivity index (χ0v) is 15.8. The maximum Gasteiger partial charge on any atom is 0.336 e. The number of ether oxygens (including phenoxy) is 1. The van der Waals surface area contributed by atoms with Gasteiger partial charge in [-0.05, 0) is 68.8 Å². The molecule has 3 rings (SSSR count). The molecule has 0 aliphatic rings. The van der Waals surface area contributed by atoms with Crippen molar-refractivity contribution in [2.45, 2.75) is 27.3 Å². The summed E-state index contributed by atoms with van der Waals surface area (Å²) in [5, 5.41) is 0.999. The summed E-state index contributed by atoms with van der Waals surface area (Å²) in [7, 11) is 2.03. The van der Waals surface area contributed by atoms with Crippen molar-refractivity contribution < 1.29 is 9.15 Å². The van der Waals surface area contributed by atoms with Crippen molar-refractivity contribution in [2.24, 2.45) is 0 Å². The van der Waals surface area contributed by atoms with Gasteiger partial charge in [0.2, 0.25) is 0 Å². The van der Waals surface area contributed by atoms with Crippen molar-refractivity contribution in [1.29, 1.82) is 0 Å². The van der Waals surface area contributed by atoms with Gasteiger partial charge in [-0.2, -0.15) is 0 Å². The van der Waals surface area contributed by atoms with Crippen molar-refractivity contribution in [3.63, 3.8) is 0 Å². The Balaban J connectivity index is 1.68. The van der Waals surface area contributed by atoms with E-state index in [1.807, 2.05) is 44.3 Å². The van der Waals surface area contributed by atoms with Crippen LogP contribution in [0.15, 0.2) is 51.7 Å². The summed E-state index contributed by atoms with van der Waals surface area (Å²) < 4.78 is 11.2. The summed E-state index contributed by atoms with van der Waals surface area (Å²) in [6.07, 6.45) is 0. The molecule has 0 saturated carbocycles. The normalized spacial score (nSPS) is 11.3.